The Morgan fingerprint density at radius 3 is 2.29 bits per heavy atom. The first kappa shape index (κ1) is 24.5. The summed E-state index contributed by atoms with van der Waals surface area (Å²) < 4.78 is 25.9. The minimum Gasteiger partial charge on any atom is -0.492 e. The van der Waals surface area contributed by atoms with Gasteiger partial charge in [-0.05, 0) is 97.2 Å². The predicted octanol–water partition coefficient (Wildman–Crippen LogP) is 7.05. The van der Waals surface area contributed by atoms with Crippen LogP contribution in [0.4, 0.5) is 9.18 Å². The third kappa shape index (κ3) is 6.08. The minimum atomic E-state index is -0.351. The van der Waals surface area contributed by atoms with Gasteiger partial charge in [-0.25, -0.2) is 4.39 Å². The summed E-state index contributed by atoms with van der Waals surface area (Å²) in [6.07, 6.45) is 1.67. The van der Waals surface area contributed by atoms with Gasteiger partial charge in [0.25, 0.3) is 11.1 Å². The number of hydrogen-bond acceptors (Lipinski definition) is 5. The molecule has 1 saturated heterocycles. The van der Waals surface area contributed by atoms with E-state index in [0.717, 1.165) is 22.9 Å². The van der Waals surface area contributed by atoms with Crippen molar-refractivity contribution in [3.05, 3.63) is 97.5 Å². The molecule has 0 spiro atoms. The van der Waals surface area contributed by atoms with Crippen molar-refractivity contribution < 1.29 is 23.5 Å². The standard InChI is InChI=1S/C25H18Br2FNO4S/c26-20-12-17(13-21(27)23(20)33-15-16-6-8-18(28)9-7-16)14-22-24(30)29(25(31)34-22)10-11-32-19-4-2-1-3-5-19/h1-9,12-14H,10-11,15H2/b22-14-. The van der Waals surface area contributed by atoms with Gasteiger partial charge in [-0.15, -0.1) is 0 Å². The Hall–Kier alpha value is -2.62. The Kier molecular flexibility index (Phi) is 8.07. The second kappa shape index (κ2) is 11.2. The first-order valence-electron chi connectivity index (χ1n) is 10.2. The highest BCUT2D eigenvalue weighted by Crippen LogP contribution is 2.38. The van der Waals surface area contributed by atoms with Gasteiger partial charge >= 0.3 is 0 Å². The van der Waals surface area contributed by atoms with Gasteiger partial charge in [0.05, 0.1) is 20.4 Å². The molecular weight excluding hydrogens is 589 g/mol. The monoisotopic (exact) mass is 605 g/mol. The van der Waals surface area contributed by atoms with E-state index in [4.69, 9.17) is 9.47 Å². The molecule has 1 heterocycles. The van der Waals surface area contributed by atoms with Crippen LogP contribution in [0.1, 0.15) is 11.1 Å². The summed E-state index contributed by atoms with van der Waals surface area (Å²) in [7, 11) is 0. The van der Waals surface area contributed by atoms with Gasteiger partial charge < -0.3 is 9.47 Å². The Morgan fingerprint density at radius 2 is 1.62 bits per heavy atom. The smallest absolute Gasteiger partial charge is 0.293 e. The zero-order valence-electron chi connectivity index (χ0n) is 17.7. The van der Waals surface area contributed by atoms with Crippen molar-refractivity contribution in [3.8, 4) is 11.5 Å². The summed E-state index contributed by atoms with van der Waals surface area (Å²) >= 11 is 7.89. The lowest BCUT2D eigenvalue weighted by molar-refractivity contribution is -0.123. The molecule has 0 aliphatic carbocycles. The van der Waals surface area contributed by atoms with Crippen LogP contribution in [0.25, 0.3) is 6.08 Å². The van der Waals surface area contributed by atoms with Gasteiger partial charge in [0.2, 0.25) is 0 Å². The Balaban J connectivity index is 1.41. The van der Waals surface area contributed by atoms with Crippen LogP contribution in [0.5, 0.6) is 11.5 Å². The molecule has 0 bridgehead atoms. The predicted molar refractivity (Wildman–Crippen MR) is 137 cm³/mol. The summed E-state index contributed by atoms with van der Waals surface area (Å²) in [6.45, 7) is 0.647. The molecule has 0 radical (unpaired) electrons. The molecular formula is C25H18Br2FNO4S. The van der Waals surface area contributed by atoms with E-state index >= 15 is 0 Å². The molecule has 3 aromatic carbocycles. The molecule has 0 aromatic heterocycles. The molecule has 1 aliphatic heterocycles. The molecule has 2 amide bonds. The maximum absolute atomic E-state index is 13.1. The largest absolute Gasteiger partial charge is 0.492 e. The fourth-order valence-electron chi connectivity index (χ4n) is 3.15. The number of nitrogens with zero attached hydrogens (tertiary/aromatic N) is 1. The van der Waals surface area contributed by atoms with Crippen LogP contribution < -0.4 is 9.47 Å². The lowest BCUT2D eigenvalue weighted by Crippen LogP contribution is -2.32. The molecule has 4 rings (SSSR count). The van der Waals surface area contributed by atoms with E-state index in [1.54, 1.807) is 30.3 Å². The molecule has 174 valence electrons. The van der Waals surface area contributed by atoms with Crippen molar-refractivity contribution in [1.29, 1.82) is 0 Å². The molecule has 1 fully saturated rings. The lowest BCUT2D eigenvalue weighted by atomic mass is 10.2. The van der Waals surface area contributed by atoms with Crippen LogP contribution in [-0.2, 0) is 11.4 Å². The highest BCUT2D eigenvalue weighted by Gasteiger charge is 2.34. The fourth-order valence-corrected chi connectivity index (χ4v) is 5.47. The van der Waals surface area contributed by atoms with Crippen LogP contribution in [-0.4, -0.2) is 29.2 Å². The zero-order chi connectivity index (χ0) is 24.1. The number of carbonyl (C=O) groups excluding carboxylic acids is 2. The molecule has 9 heteroatoms. The summed E-state index contributed by atoms with van der Waals surface area (Å²) in [5.41, 5.74) is 1.55. The molecule has 5 nitrogen and oxygen atoms in total. The number of hydrogen-bond donors (Lipinski definition) is 0. The fraction of sp³-hybridized carbons (Fsp3) is 0.120. The van der Waals surface area contributed by atoms with E-state index in [9.17, 15) is 14.0 Å². The van der Waals surface area contributed by atoms with E-state index in [2.05, 4.69) is 31.9 Å². The molecule has 34 heavy (non-hydrogen) atoms. The van der Waals surface area contributed by atoms with Crippen LogP contribution in [0.3, 0.4) is 0 Å². The number of imide groups is 1. The molecule has 0 saturated carbocycles. The van der Waals surface area contributed by atoms with Crippen molar-refractivity contribution >= 4 is 60.8 Å². The molecule has 0 atom stereocenters. The van der Waals surface area contributed by atoms with Crippen molar-refractivity contribution in [2.75, 3.05) is 13.2 Å². The number of rotatable bonds is 8. The van der Waals surface area contributed by atoms with E-state index in [1.165, 1.54) is 17.0 Å². The number of halogens is 3. The topological polar surface area (TPSA) is 55.8 Å². The quantitative estimate of drug-likeness (QED) is 0.257. The second-order valence-electron chi connectivity index (χ2n) is 7.22. The van der Waals surface area contributed by atoms with E-state index in [1.807, 2.05) is 30.3 Å². The average molecular weight is 607 g/mol. The Morgan fingerprint density at radius 1 is 0.941 bits per heavy atom. The minimum absolute atomic E-state index is 0.167. The van der Waals surface area contributed by atoms with Gasteiger partial charge in [-0.3, -0.25) is 14.5 Å². The molecule has 0 unspecified atom stereocenters. The van der Waals surface area contributed by atoms with E-state index < -0.39 is 0 Å². The number of amides is 2. The lowest BCUT2D eigenvalue weighted by Gasteiger charge is -2.13. The van der Waals surface area contributed by atoms with Crippen LogP contribution in [0.15, 0.2) is 80.6 Å². The van der Waals surface area contributed by atoms with Gasteiger partial charge in [-0.2, -0.15) is 0 Å². The maximum atomic E-state index is 13.1. The summed E-state index contributed by atoms with van der Waals surface area (Å²) in [5.74, 6) is 0.605. The number of benzene rings is 3. The second-order valence-corrected chi connectivity index (χ2v) is 9.93. The molecule has 1 aliphatic rings. The van der Waals surface area contributed by atoms with E-state index in [-0.39, 0.29) is 36.7 Å². The summed E-state index contributed by atoms with van der Waals surface area (Å²) in [5, 5.41) is -0.328. The SMILES string of the molecule is O=C1S/C(=C\c2cc(Br)c(OCc3ccc(F)cc3)c(Br)c2)C(=O)N1CCOc1ccccc1. The van der Waals surface area contributed by atoms with Crippen molar-refractivity contribution in [2.24, 2.45) is 0 Å². The number of carbonyl (C=O) groups is 2. The normalized spacial score (nSPS) is 14.7. The first-order valence-corrected chi connectivity index (χ1v) is 12.6. The Bertz CT molecular complexity index is 1210. The number of thioether (sulfide) groups is 1. The summed E-state index contributed by atoms with van der Waals surface area (Å²) in [4.78, 5) is 26.7. The van der Waals surface area contributed by atoms with Crippen LogP contribution in [0, 0.1) is 5.82 Å². The van der Waals surface area contributed by atoms with Crippen molar-refractivity contribution in [1.82, 2.24) is 4.90 Å². The number of para-hydroxylation sites is 1. The molecule has 0 N–H and O–H groups in total. The maximum Gasteiger partial charge on any atom is 0.293 e. The third-order valence-electron chi connectivity index (χ3n) is 4.82. The van der Waals surface area contributed by atoms with Gasteiger partial charge in [0.15, 0.2) is 0 Å². The number of ether oxygens (including phenoxy) is 2. The zero-order valence-corrected chi connectivity index (χ0v) is 21.7. The van der Waals surface area contributed by atoms with Gasteiger partial charge in [0, 0.05) is 0 Å². The van der Waals surface area contributed by atoms with Crippen LogP contribution >= 0.6 is 43.6 Å². The molecule has 3 aromatic rings. The third-order valence-corrected chi connectivity index (χ3v) is 6.90. The highest BCUT2D eigenvalue weighted by molar-refractivity contribution is 9.11. The van der Waals surface area contributed by atoms with E-state index in [0.29, 0.717) is 25.3 Å². The van der Waals surface area contributed by atoms with Crippen LogP contribution in [0.2, 0.25) is 0 Å². The van der Waals surface area contributed by atoms with Crippen molar-refractivity contribution in [2.45, 2.75) is 6.61 Å². The summed E-state index contributed by atoms with van der Waals surface area (Å²) in [6, 6.07) is 18.9. The Labute approximate surface area is 217 Å². The highest BCUT2D eigenvalue weighted by atomic mass is 79.9. The first-order chi connectivity index (χ1) is 16.4. The van der Waals surface area contributed by atoms with Crippen molar-refractivity contribution in [3.63, 3.8) is 0 Å². The average Bonchev–Trinajstić information content (AvgIpc) is 3.07. The van der Waals surface area contributed by atoms with Gasteiger partial charge in [-0.1, -0.05) is 30.3 Å². The van der Waals surface area contributed by atoms with Gasteiger partial charge in [0.1, 0.15) is 30.5 Å².